The lowest BCUT2D eigenvalue weighted by atomic mass is 10.2. The Kier molecular flexibility index (Phi) is 7.70. The minimum absolute atomic E-state index is 1.10. The summed E-state index contributed by atoms with van der Waals surface area (Å²) < 4.78 is 35.4. The predicted molar refractivity (Wildman–Crippen MR) is 118 cm³/mol. The SMILES string of the molecule is C=Cc1ccc(Br)cc1.O=S(=O)(O)O.c1ccc2c(c1)sc1ccccc12. The van der Waals surface area contributed by atoms with Crippen molar-refractivity contribution in [2.75, 3.05) is 0 Å². The largest absolute Gasteiger partial charge is 0.394 e. The van der Waals surface area contributed by atoms with E-state index in [4.69, 9.17) is 17.5 Å². The first-order valence-electron chi connectivity index (χ1n) is 7.72. The molecule has 0 fully saturated rings. The zero-order valence-electron chi connectivity index (χ0n) is 14.1. The second-order valence-electron chi connectivity index (χ2n) is 5.30. The van der Waals surface area contributed by atoms with Gasteiger partial charge in [-0.3, -0.25) is 9.11 Å². The van der Waals surface area contributed by atoms with Gasteiger partial charge in [0.1, 0.15) is 0 Å². The molecule has 3 aromatic carbocycles. The number of thiophene rings is 1. The molecule has 0 aliphatic heterocycles. The molecule has 2 N–H and O–H groups in total. The molecule has 0 saturated carbocycles. The van der Waals surface area contributed by atoms with E-state index in [9.17, 15) is 0 Å². The summed E-state index contributed by atoms with van der Waals surface area (Å²) in [5.41, 5.74) is 1.15. The third kappa shape index (κ3) is 7.24. The average Bonchev–Trinajstić information content (AvgIpc) is 3.00. The van der Waals surface area contributed by atoms with Crippen molar-refractivity contribution in [3.05, 3.63) is 89.4 Å². The van der Waals surface area contributed by atoms with Gasteiger partial charge < -0.3 is 0 Å². The zero-order chi connectivity index (χ0) is 19.9. The Labute approximate surface area is 170 Å². The highest BCUT2D eigenvalue weighted by molar-refractivity contribution is 9.10. The van der Waals surface area contributed by atoms with Crippen LogP contribution in [-0.4, -0.2) is 17.5 Å². The maximum Gasteiger partial charge on any atom is 0.394 e. The first kappa shape index (κ1) is 21.3. The lowest BCUT2D eigenvalue weighted by molar-refractivity contribution is 0.381. The Morgan fingerprint density at radius 3 is 1.63 bits per heavy atom. The molecule has 0 bridgehead atoms. The van der Waals surface area contributed by atoms with E-state index in [-0.39, 0.29) is 0 Å². The normalized spacial score (nSPS) is 10.5. The molecule has 4 nitrogen and oxygen atoms in total. The van der Waals surface area contributed by atoms with E-state index < -0.39 is 10.4 Å². The van der Waals surface area contributed by atoms with E-state index >= 15 is 0 Å². The fourth-order valence-electron chi connectivity index (χ4n) is 2.27. The molecule has 0 saturated heterocycles. The summed E-state index contributed by atoms with van der Waals surface area (Å²) in [6.07, 6.45) is 1.83. The van der Waals surface area contributed by atoms with Gasteiger partial charge in [-0.2, -0.15) is 8.42 Å². The topological polar surface area (TPSA) is 74.6 Å². The summed E-state index contributed by atoms with van der Waals surface area (Å²) in [4.78, 5) is 0. The molecular weight excluding hydrogens is 448 g/mol. The van der Waals surface area contributed by atoms with Crippen LogP contribution in [0.2, 0.25) is 0 Å². The van der Waals surface area contributed by atoms with Gasteiger partial charge in [0.2, 0.25) is 0 Å². The smallest absolute Gasteiger partial charge is 0.264 e. The molecule has 27 heavy (non-hydrogen) atoms. The van der Waals surface area contributed by atoms with Crippen LogP contribution in [0.25, 0.3) is 26.2 Å². The Hall–Kier alpha value is -2.03. The van der Waals surface area contributed by atoms with E-state index in [1.54, 1.807) is 0 Å². The number of hydrogen-bond donors (Lipinski definition) is 2. The number of fused-ring (bicyclic) bond motifs is 3. The van der Waals surface area contributed by atoms with Gasteiger partial charge in [0, 0.05) is 24.6 Å². The van der Waals surface area contributed by atoms with Crippen LogP contribution in [-0.2, 0) is 10.4 Å². The highest BCUT2D eigenvalue weighted by Crippen LogP contribution is 2.32. The van der Waals surface area contributed by atoms with Crippen LogP contribution in [0.1, 0.15) is 5.56 Å². The number of halogens is 1. The molecule has 1 aromatic heterocycles. The van der Waals surface area contributed by atoms with Crippen LogP contribution in [0.3, 0.4) is 0 Å². The van der Waals surface area contributed by atoms with Gasteiger partial charge in [-0.15, -0.1) is 11.3 Å². The second kappa shape index (κ2) is 9.77. The lowest BCUT2D eigenvalue weighted by Gasteiger charge is -1.90. The minimum Gasteiger partial charge on any atom is -0.264 e. The van der Waals surface area contributed by atoms with E-state index in [1.807, 2.05) is 41.7 Å². The number of benzene rings is 3. The van der Waals surface area contributed by atoms with E-state index in [2.05, 4.69) is 71.0 Å². The Morgan fingerprint density at radius 2 is 1.22 bits per heavy atom. The van der Waals surface area contributed by atoms with Crippen molar-refractivity contribution in [1.29, 1.82) is 0 Å². The van der Waals surface area contributed by atoms with Gasteiger partial charge in [-0.1, -0.05) is 77.1 Å². The summed E-state index contributed by atoms with van der Waals surface area (Å²) in [6.45, 7) is 3.65. The van der Waals surface area contributed by atoms with Crippen molar-refractivity contribution in [3.63, 3.8) is 0 Å². The molecule has 0 unspecified atom stereocenters. The third-order valence-electron chi connectivity index (χ3n) is 3.39. The number of rotatable bonds is 1. The van der Waals surface area contributed by atoms with Gasteiger partial charge in [0.15, 0.2) is 0 Å². The molecule has 140 valence electrons. The molecule has 0 aliphatic carbocycles. The quantitative estimate of drug-likeness (QED) is 0.315. The van der Waals surface area contributed by atoms with Gasteiger partial charge >= 0.3 is 10.4 Å². The van der Waals surface area contributed by atoms with Gasteiger partial charge in [-0.25, -0.2) is 0 Å². The summed E-state index contributed by atoms with van der Waals surface area (Å²) >= 11 is 5.20. The van der Waals surface area contributed by atoms with Crippen LogP contribution in [0.4, 0.5) is 0 Å². The van der Waals surface area contributed by atoms with E-state index in [1.165, 1.54) is 20.2 Å². The Bertz CT molecular complexity index is 1080. The molecule has 0 aliphatic rings. The molecule has 0 amide bonds. The van der Waals surface area contributed by atoms with Crippen LogP contribution >= 0.6 is 27.3 Å². The van der Waals surface area contributed by atoms with Crippen molar-refractivity contribution in [1.82, 2.24) is 0 Å². The van der Waals surface area contributed by atoms with E-state index in [0.29, 0.717) is 0 Å². The highest BCUT2D eigenvalue weighted by atomic mass is 79.9. The minimum atomic E-state index is -4.67. The summed E-state index contributed by atoms with van der Waals surface area (Å²) in [7, 11) is -4.67. The molecule has 4 aromatic rings. The molecule has 0 radical (unpaired) electrons. The summed E-state index contributed by atoms with van der Waals surface area (Å²) in [6, 6.07) is 25.1. The van der Waals surface area contributed by atoms with Gasteiger partial charge in [0.05, 0.1) is 0 Å². The first-order chi connectivity index (χ1) is 12.8. The number of hydrogen-bond acceptors (Lipinski definition) is 3. The standard InChI is InChI=1S/C12H8S.C8H7Br.H2O4S/c1-3-7-11-9(5-1)10-6-2-4-8-12(10)13-11;1-2-7-3-5-8(9)6-4-7;1-5(2,3)4/h1-8H;2-6H,1H2;(H2,1,2,3,4). The van der Waals surface area contributed by atoms with Gasteiger partial charge in [-0.05, 0) is 29.8 Å². The molecule has 0 atom stereocenters. The summed E-state index contributed by atoms with van der Waals surface area (Å²) in [5, 5.41) is 2.76. The van der Waals surface area contributed by atoms with Crippen molar-refractivity contribution in [2.24, 2.45) is 0 Å². The third-order valence-corrected chi connectivity index (χ3v) is 5.07. The fraction of sp³-hybridized carbons (Fsp3) is 0. The molecule has 7 heteroatoms. The zero-order valence-corrected chi connectivity index (χ0v) is 17.3. The van der Waals surface area contributed by atoms with Crippen LogP contribution in [0, 0.1) is 0 Å². The Morgan fingerprint density at radius 1 is 0.815 bits per heavy atom. The van der Waals surface area contributed by atoms with Crippen molar-refractivity contribution in [3.8, 4) is 0 Å². The van der Waals surface area contributed by atoms with Crippen LogP contribution < -0.4 is 0 Å². The molecule has 4 rings (SSSR count). The van der Waals surface area contributed by atoms with Crippen molar-refractivity contribution >= 4 is 63.9 Å². The van der Waals surface area contributed by atoms with Gasteiger partial charge in [0.25, 0.3) is 0 Å². The maximum absolute atomic E-state index is 8.74. The van der Waals surface area contributed by atoms with Crippen LogP contribution in [0.5, 0.6) is 0 Å². The maximum atomic E-state index is 8.74. The van der Waals surface area contributed by atoms with Crippen molar-refractivity contribution < 1.29 is 17.5 Å². The second-order valence-corrected chi connectivity index (χ2v) is 8.19. The molecular formula is C20H17BrO4S2. The highest BCUT2D eigenvalue weighted by Gasteiger charge is 2.01. The molecule has 0 spiro atoms. The van der Waals surface area contributed by atoms with E-state index in [0.717, 1.165) is 10.0 Å². The summed E-state index contributed by atoms with van der Waals surface area (Å²) in [5.74, 6) is 0. The molecule has 1 heterocycles. The first-order valence-corrected chi connectivity index (χ1v) is 10.7. The fourth-order valence-corrected chi connectivity index (χ4v) is 3.64. The predicted octanol–water partition coefficient (Wildman–Crippen LogP) is 6.49. The van der Waals surface area contributed by atoms with Crippen molar-refractivity contribution in [2.45, 2.75) is 0 Å². The van der Waals surface area contributed by atoms with Crippen LogP contribution in [0.15, 0.2) is 83.8 Å². The average molecular weight is 465 g/mol. The monoisotopic (exact) mass is 464 g/mol. The lowest BCUT2D eigenvalue weighted by Crippen LogP contribution is -1.89. The Balaban J connectivity index is 0.000000164.